The SMILES string of the molecule is CC(C)c1cc(C(C)C)c(C(=S)N2[C@@H](c3ccccc3)C[C@@H]2c2ccccc2)c(C(C)C)c1. The van der Waals surface area contributed by atoms with E-state index < -0.39 is 0 Å². The average molecular weight is 456 g/mol. The van der Waals surface area contributed by atoms with Crippen LogP contribution in [0.25, 0.3) is 0 Å². The summed E-state index contributed by atoms with van der Waals surface area (Å²) in [5, 5.41) is 0. The van der Waals surface area contributed by atoms with E-state index in [1.165, 1.54) is 33.4 Å². The van der Waals surface area contributed by atoms with E-state index in [1.807, 2.05) is 0 Å². The predicted molar refractivity (Wildman–Crippen MR) is 145 cm³/mol. The number of likely N-dealkylation sites (tertiary alicyclic amines) is 1. The molecule has 0 unspecified atom stereocenters. The lowest BCUT2D eigenvalue weighted by molar-refractivity contribution is 0.0987. The molecule has 0 bridgehead atoms. The lowest BCUT2D eigenvalue weighted by Gasteiger charge is -2.51. The largest absolute Gasteiger partial charge is 0.348 e. The molecule has 0 spiro atoms. The molecule has 1 nitrogen and oxygen atoms in total. The Hall–Kier alpha value is -2.45. The van der Waals surface area contributed by atoms with Crippen molar-refractivity contribution in [3.05, 3.63) is 106 Å². The zero-order valence-electron chi connectivity index (χ0n) is 20.9. The van der Waals surface area contributed by atoms with Crippen molar-refractivity contribution in [1.82, 2.24) is 4.90 Å². The van der Waals surface area contributed by atoms with Crippen LogP contribution in [0, 0.1) is 0 Å². The van der Waals surface area contributed by atoms with E-state index in [1.54, 1.807) is 0 Å². The molecule has 1 heterocycles. The molecule has 4 rings (SSSR count). The molecule has 3 aromatic carbocycles. The second-order valence-electron chi connectivity index (χ2n) is 10.3. The summed E-state index contributed by atoms with van der Waals surface area (Å²) >= 11 is 6.40. The number of hydrogen-bond acceptors (Lipinski definition) is 1. The van der Waals surface area contributed by atoms with Crippen molar-refractivity contribution in [2.24, 2.45) is 0 Å². The molecule has 0 saturated carbocycles. The van der Waals surface area contributed by atoms with Crippen molar-refractivity contribution in [3.63, 3.8) is 0 Å². The first kappa shape index (κ1) is 23.7. The van der Waals surface area contributed by atoms with Crippen LogP contribution < -0.4 is 0 Å². The van der Waals surface area contributed by atoms with Crippen molar-refractivity contribution in [3.8, 4) is 0 Å². The van der Waals surface area contributed by atoms with Crippen LogP contribution in [0.15, 0.2) is 72.8 Å². The highest BCUT2D eigenvalue weighted by atomic mass is 32.1. The second-order valence-corrected chi connectivity index (χ2v) is 10.7. The van der Waals surface area contributed by atoms with Crippen LogP contribution in [0.2, 0.25) is 0 Å². The quantitative estimate of drug-likeness (QED) is 0.341. The highest BCUT2D eigenvalue weighted by Gasteiger charge is 2.42. The van der Waals surface area contributed by atoms with Gasteiger partial charge in [0.15, 0.2) is 0 Å². The summed E-state index contributed by atoms with van der Waals surface area (Å²) < 4.78 is 0. The highest BCUT2D eigenvalue weighted by Crippen LogP contribution is 2.50. The third-order valence-corrected chi connectivity index (χ3v) is 7.48. The summed E-state index contributed by atoms with van der Waals surface area (Å²) in [4.78, 5) is 3.52. The Bertz CT molecular complexity index is 1020. The Morgan fingerprint density at radius 3 is 1.48 bits per heavy atom. The van der Waals surface area contributed by atoms with E-state index in [0.717, 1.165) is 11.4 Å². The molecule has 1 aliphatic rings. The smallest absolute Gasteiger partial charge is 0.110 e. The molecule has 1 saturated heterocycles. The molecule has 0 N–H and O–H groups in total. The first-order valence-corrected chi connectivity index (χ1v) is 12.8. The van der Waals surface area contributed by atoms with Gasteiger partial charge in [-0.15, -0.1) is 0 Å². The van der Waals surface area contributed by atoms with Crippen LogP contribution in [0.1, 0.15) is 111 Å². The summed E-state index contributed by atoms with van der Waals surface area (Å²) in [6.07, 6.45) is 1.09. The third-order valence-electron chi connectivity index (χ3n) is 7.07. The topological polar surface area (TPSA) is 3.24 Å². The summed E-state index contributed by atoms with van der Waals surface area (Å²) in [5.41, 5.74) is 8.18. The van der Waals surface area contributed by atoms with Gasteiger partial charge in [-0.3, -0.25) is 0 Å². The van der Waals surface area contributed by atoms with Crippen LogP contribution in [0.4, 0.5) is 0 Å². The maximum absolute atomic E-state index is 6.40. The molecular weight excluding hydrogens is 418 g/mol. The Morgan fingerprint density at radius 2 is 1.12 bits per heavy atom. The maximum Gasteiger partial charge on any atom is 0.110 e. The number of hydrogen-bond donors (Lipinski definition) is 0. The van der Waals surface area contributed by atoms with Crippen molar-refractivity contribution in [1.29, 1.82) is 0 Å². The molecule has 33 heavy (non-hydrogen) atoms. The Balaban J connectivity index is 1.85. The Morgan fingerprint density at radius 1 is 0.697 bits per heavy atom. The number of benzene rings is 3. The number of thiocarbonyl (C=S) groups is 1. The minimum atomic E-state index is 0.314. The first-order chi connectivity index (χ1) is 15.8. The van der Waals surface area contributed by atoms with Gasteiger partial charge in [-0.1, -0.05) is 127 Å². The summed E-state index contributed by atoms with van der Waals surface area (Å²) in [5.74, 6) is 1.34. The maximum atomic E-state index is 6.40. The van der Waals surface area contributed by atoms with E-state index in [0.29, 0.717) is 29.8 Å². The van der Waals surface area contributed by atoms with Gasteiger partial charge in [0.05, 0.1) is 12.1 Å². The molecule has 172 valence electrons. The zero-order chi connectivity index (χ0) is 23.7. The highest BCUT2D eigenvalue weighted by molar-refractivity contribution is 7.80. The summed E-state index contributed by atoms with van der Waals surface area (Å²) in [6.45, 7) is 13.8. The van der Waals surface area contributed by atoms with Gasteiger partial charge in [-0.2, -0.15) is 0 Å². The van der Waals surface area contributed by atoms with E-state index in [-0.39, 0.29) is 0 Å². The Labute approximate surface area is 205 Å². The van der Waals surface area contributed by atoms with Crippen molar-refractivity contribution in [2.45, 2.75) is 77.8 Å². The molecule has 0 aromatic heterocycles. The molecular formula is C31H37NS. The van der Waals surface area contributed by atoms with E-state index in [2.05, 4.69) is 119 Å². The Kier molecular flexibility index (Phi) is 7.05. The van der Waals surface area contributed by atoms with Crippen molar-refractivity contribution < 1.29 is 0 Å². The van der Waals surface area contributed by atoms with Crippen LogP contribution in [-0.2, 0) is 0 Å². The van der Waals surface area contributed by atoms with Gasteiger partial charge < -0.3 is 4.90 Å². The van der Waals surface area contributed by atoms with Crippen LogP contribution in [-0.4, -0.2) is 9.89 Å². The van der Waals surface area contributed by atoms with Crippen molar-refractivity contribution >= 4 is 17.2 Å². The van der Waals surface area contributed by atoms with E-state index in [4.69, 9.17) is 12.2 Å². The molecule has 3 aromatic rings. The van der Waals surface area contributed by atoms with Gasteiger partial charge in [-0.05, 0) is 52.0 Å². The van der Waals surface area contributed by atoms with Gasteiger partial charge in [0.2, 0.25) is 0 Å². The standard InChI is InChI=1S/C31H37NS/c1-20(2)25-17-26(21(3)4)30(27(18-25)22(5)6)31(33)32-28(23-13-9-7-10-14-23)19-29(32)24-15-11-8-12-16-24/h7-18,20-22,28-29H,19H2,1-6H3/t28-,29-/m1/s1. The molecule has 1 aliphatic heterocycles. The van der Waals surface area contributed by atoms with E-state index in [9.17, 15) is 0 Å². The molecule has 0 aliphatic carbocycles. The summed E-state index contributed by atoms with van der Waals surface area (Å²) in [6, 6.07) is 27.2. The lowest BCUT2D eigenvalue weighted by Crippen LogP contribution is -2.48. The fourth-order valence-electron chi connectivity index (χ4n) is 5.08. The second kappa shape index (κ2) is 9.81. The molecule has 0 amide bonds. The van der Waals surface area contributed by atoms with Gasteiger partial charge >= 0.3 is 0 Å². The minimum Gasteiger partial charge on any atom is -0.348 e. The molecule has 2 heteroatoms. The number of rotatable bonds is 6. The predicted octanol–water partition coefficient (Wildman–Crippen LogP) is 8.92. The zero-order valence-corrected chi connectivity index (χ0v) is 21.7. The first-order valence-electron chi connectivity index (χ1n) is 12.4. The number of nitrogens with zero attached hydrogens (tertiary/aromatic N) is 1. The molecule has 2 atom stereocenters. The van der Waals surface area contributed by atoms with Gasteiger partial charge in [0.1, 0.15) is 4.99 Å². The average Bonchev–Trinajstić information content (AvgIpc) is 2.78. The fraction of sp³-hybridized carbons (Fsp3) is 0.387. The fourth-order valence-corrected chi connectivity index (χ4v) is 5.57. The van der Waals surface area contributed by atoms with Crippen molar-refractivity contribution in [2.75, 3.05) is 0 Å². The normalized spacial score (nSPS) is 18.2. The lowest BCUT2D eigenvalue weighted by atomic mass is 9.80. The molecule has 1 fully saturated rings. The van der Waals surface area contributed by atoms with Crippen LogP contribution >= 0.6 is 12.2 Å². The summed E-state index contributed by atoms with van der Waals surface area (Å²) in [7, 11) is 0. The van der Waals surface area contributed by atoms with Crippen LogP contribution in [0.3, 0.4) is 0 Å². The van der Waals surface area contributed by atoms with Gasteiger partial charge in [0.25, 0.3) is 0 Å². The molecule has 0 radical (unpaired) electrons. The third kappa shape index (κ3) is 4.64. The van der Waals surface area contributed by atoms with Gasteiger partial charge in [-0.25, -0.2) is 0 Å². The minimum absolute atomic E-state index is 0.314. The van der Waals surface area contributed by atoms with Gasteiger partial charge in [0, 0.05) is 5.56 Å². The van der Waals surface area contributed by atoms with E-state index >= 15 is 0 Å². The monoisotopic (exact) mass is 455 g/mol. The van der Waals surface area contributed by atoms with Crippen LogP contribution in [0.5, 0.6) is 0 Å².